The van der Waals surface area contributed by atoms with E-state index in [2.05, 4.69) is 10.3 Å². The van der Waals surface area contributed by atoms with E-state index in [-0.39, 0.29) is 23.6 Å². The smallest absolute Gasteiger partial charge is 0.298 e. The van der Waals surface area contributed by atoms with Gasteiger partial charge < -0.3 is 15.3 Å². The molecule has 8 heteroatoms. The van der Waals surface area contributed by atoms with Crippen molar-refractivity contribution in [2.75, 3.05) is 6.61 Å². The second-order valence-corrected chi connectivity index (χ2v) is 5.40. The molecular formula is C19H17FN4O3. The average molecular weight is 368 g/mol. The van der Waals surface area contributed by atoms with Gasteiger partial charge in [-0.1, -0.05) is 17.3 Å². The monoisotopic (exact) mass is 368 g/mol. The van der Waals surface area contributed by atoms with Gasteiger partial charge >= 0.3 is 0 Å². The highest BCUT2D eigenvalue weighted by molar-refractivity contribution is 5.97. The minimum absolute atomic E-state index is 0.150. The molecule has 1 aromatic heterocycles. The van der Waals surface area contributed by atoms with Crippen molar-refractivity contribution in [3.8, 4) is 22.7 Å². The van der Waals surface area contributed by atoms with Crippen LogP contribution in [0.2, 0.25) is 0 Å². The van der Waals surface area contributed by atoms with Crippen molar-refractivity contribution in [1.29, 1.82) is 0 Å². The Hall–Kier alpha value is -3.68. The van der Waals surface area contributed by atoms with Crippen molar-refractivity contribution in [3.05, 3.63) is 66.1 Å². The summed E-state index contributed by atoms with van der Waals surface area (Å²) in [5.41, 5.74) is 7.72. The molecule has 0 bridgehead atoms. The van der Waals surface area contributed by atoms with Crippen LogP contribution in [0.5, 0.6) is 5.75 Å². The number of nitrogens with zero attached hydrogens (tertiary/aromatic N) is 3. The van der Waals surface area contributed by atoms with E-state index in [1.165, 1.54) is 16.9 Å². The molecule has 2 N–H and O–H groups in total. The Morgan fingerprint density at radius 3 is 2.67 bits per heavy atom. The van der Waals surface area contributed by atoms with Gasteiger partial charge in [0.25, 0.3) is 6.47 Å². The van der Waals surface area contributed by atoms with Gasteiger partial charge in [0.05, 0.1) is 11.9 Å². The molecule has 0 aliphatic rings. The molecule has 2 aromatic carbocycles. The first-order chi connectivity index (χ1) is 13.2. The van der Waals surface area contributed by atoms with Crippen LogP contribution in [-0.2, 0) is 9.63 Å². The van der Waals surface area contributed by atoms with Crippen LogP contribution in [0.3, 0.4) is 0 Å². The van der Waals surface area contributed by atoms with Gasteiger partial charge in [0, 0.05) is 11.1 Å². The SMILES string of the molecule is CCON=C(N)c1ccc(-n2ncc(OC=O)c2-c2ccccc2F)cc1. The second kappa shape index (κ2) is 8.13. The molecule has 3 rings (SSSR count). The van der Waals surface area contributed by atoms with Gasteiger partial charge in [-0.05, 0) is 43.3 Å². The maximum atomic E-state index is 14.3. The molecule has 0 aliphatic carbocycles. The zero-order chi connectivity index (χ0) is 19.2. The highest BCUT2D eigenvalue weighted by Gasteiger charge is 2.19. The molecule has 1 heterocycles. The standard InChI is InChI=1S/C19H17FN4O3/c1-2-27-23-19(21)13-7-9-14(10-8-13)24-18(17(11-22-24)26-12-25)15-5-3-4-6-16(15)20/h3-12H,2H2,1H3,(H2,21,23). The van der Waals surface area contributed by atoms with Crippen LogP contribution in [-0.4, -0.2) is 28.7 Å². The predicted octanol–water partition coefficient (Wildman–Crippen LogP) is 2.87. The summed E-state index contributed by atoms with van der Waals surface area (Å²) in [4.78, 5) is 15.7. The second-order valence-electron chi connectivity index (χ2n) is 5.40. The van der Waals surface area contributed by atoms with E-state index in [4.69, 9.17) is 15.3 Å². The number of amidine groups is 1. The highest BCUT2D eigenvalue weighted by Crippen LogP contribution is 2.33. The summed E-state index contributed by atoms with van der Waals surface area (Å²) in [5.74, 6) is -0.0699. The van der Waals surface area contributed by atoms with Crippen LogP contribution >= 0.6 is 0 Å². The Kier molecular flexibility index (Phi) is 5.46. The maximum Gasteiger partial charge on any atom is 0.298 e. The molecule has 3 aromatic rings. The lowest BCUT2D eigenvalue weighted by Gasteiger charge is -2.10. The zero-order valence-corrected chi connectivity index (χ0v) is 14.5. The van der Waals surface area contributed by atoms with Gasteiger partial charge in [-0.2, -0.15) is 5.10 Å². The third-order valence-electron chi connectivity index (χ3n) is 3.74. The predicted molar refractivity (Wildman–Crippen MR) is 98.0 cm³/mol. The number of aromatic nitrogens is 2. The van der Waals surface area contributed by atoms with E-state index in [0.29, 0.717) is 23.6 Å². The molecule has 0 spiro atoms. The van der Waals surface area contributed by atoms with Gasteiger partial charge in [0.15, 0.2) is 11.6 Å². The third-order valence-corrected chi connectivity index (χ3v) is 3.74. The third kappa shape index (κ3) is 3.79. The van der Waals surface area contributed by atoms with Crippen molar-refractivity contribution < 1.29 is 18.8 Å². The Morgan fingerprint density at radius 1 is 1.26 bits per heavy atom. The van der Waals surface area contributed by atoms with E-state index in [1.54, 1.807) is 49.4 Å². The van der Waals surface area contributed by atoms with Crippen LogP contribution < -0.4 is 10.5 Å². The van der Waals surface area contributed by atoms with Gasteiger partial charge in [-0.3, -0.25) is 4.79 Å². The average Bonchev–Trinajstić information content (AvgIpc) is 3.10. The summed E-state index contributed by atoms with van der Waals surface area (Å²) in [5, 5.41) is 8.01. The summed E-state index contributed by atoms with van der Waals surface area (Å²) in [6.45, 7) is 2.50. The Bertz CT molecular complexity index is 967. The number of oxime groups is 1. The van der Waals surface area contributed by atoms with Crippen molar-refractivity contribution in [2.24, 2.45) is 10.9 Å². The Balaban J connectivity index is 2.05. The fourth-order valence-corrected chi connectivity index (χ4v) is 2.53. The summed E-state index contributed by atoms with van der Waals surface area (Å²) >= 11 is 0. The summed E-state index contributed by atoms with van der Waals surface area (Å²) < 4.78 is 20.8. The van der Waals surface area contributed by atoms with Crippen LogP contribution in [0, 0.1) is 5.82 Å². The molecule has 0 saturated heterocycles. The molecular weight excluding hydrogens is 351 g/mol. The quantitative estimate of drug-likeness (QED) is 0.300. The zero-order valence-electron chi connectivity index (χ0n) is 14.5. The van der Waals surface area contributed by atoms with Crippen LogP contribution in [0.1, 0.15) is 12.5 Å². The number of rotatable bonds is 7. The molecule has 0 aliphatic heterocycles. The molecule has 7 nitrogen and oxygen atoms in total. The summed E-state index contributed by atoms with van der Waals surface area (Å²) in [6, 6.07) is 13.1. The first-order valence-electron chi connectivity index (χ1n) is 8.15. The van der Waals surface area contributed by atoms with Crippen molar-refractivity contribution in [3.63, 3.8) is 0 Å². The van der Waals surface area contributed by atoms with Gasteiger partial charge in [-0.15, -0.1) is 0 Å². The lowest BCUT2D eigenvalue weighted by atomic mass is 10.1. The summed E-state index contributed by atoms with van der Waals surface area (Å²) in [7, 11) is 0. The number of hydrogen-bond acceptors (Lipinski definition) is 5. The minimum atomic E-state index is -0.459. The number of nitrogens with two attached hydrogens (primary N) is 1. The van der Waals surface area contributed by atoms with E-state index >= 15 is 0 Å². The molecule has 0 amide bonds. The van der Waals surface area contributed by atoms with Crippen LogP contribution in [0.4, 0.5) is 4.39 Å². The van der Waals surface area contributed by atoms with Gasteiger partial charge in [0.1, 0.15) is 18.1 Å². The molecule has 0 radical (unpaired) electrons. The highest BCUT2D eigenvalue weighted by atomic mass is 19.1. The number of ether oxygens (including phenoxy) is 1. The lowest BCUT2D eigenvalue weighted by Crippen LogP contribution is -2.14. The molecule has 0 saturated carbocycles. The van der Waals surface area contributed by atoms with Gasteiger partial charge in [-0.25, -0.2) is 9.07 Å². The number of benzene rings is 2. The molecule has 0 fully saturated rings. The topological polar surface area (TPSA) is 91.7 Å². The largest absolute Gasteiger partial charge is 0.425 e. The van der Waals surface area contributed by atoms with E-state index < -0.39 is 5.82 Å². The fourth-order valence-electron chi connectivity index (χ4n) is 2.53. The molecule has 0 unspecified atom stereocenters. The maximum absolute atomic E-state index is 14.3. The number of carbonyl (C=O) groups is 1. The fraction of sp³-hybridized carbons (Fsp3) is 0.105. The van der Waals surface area contributed by atoms with Crippen LogP contribution in [0.15, 0.2) is 59.9 Å². The molecule has 0 atom stereocenters. The Morgan fingerprint density at radius 2 is 2.00 bits per heavy atom. The van der Waals surface area contributed by atoms with E-state index in [0.717, 1.165) is 0 Å². The molecule has 27 heavy (non-hydrogen) atoms. The first kappa shape index (κ1) is 18.1. The minimum Gasteiger partial charge on any atom is -0.425 e. The van der Waals surface area contributed by atoms with Gasteiger partial charge in [0.2, 0.25) is 0 Å². The van der Waals surface area contributed by atoms with Crippen molar-refractivity contribution in [1.82, 2.24) is 9.78 Å². The van der Waals surface area contributed by atoms with Crippen molar-refractivity contribution in [2.45, 2.75) is 6.92 Å². The van der Waals surface area contributed by atoms with Crippen molar-refractivity contribution >= 4 is 12.3 Å². The molecule has 138 valence electrons. The summed E-state index contributed by atoms with van der Waals surface area (Å²) in [6.07, 6.45) is 1.36. The van der Waals surface area contributed by atoms with E-state index in [9.17, 15) is 9.18 Å². The van der Waals surface area contributed by atoms with Crippen LogP contribution in [0.25, 0.3) is 16.9 Å². The Labute approximate surface area is 154 Å². The number of halogens is 1. The lowest BCUT2D eigenvalue weighted by molar-refractivity contribution is -0.120. The normalized spacial score (nSPS) is 11.3. The number of carbonyl (C=O) groups excluding carboxylic acids is 1. The van der Waals surface area contributed by atoms with E-state index in [1.807, 2.05) is 0 Å². The number of hydrogen-bond donors (Lipinski definition) is 1. The first-order valence-corrected chi connectivity index (χ1v) is 8.15.